The zero-order valence-electron chi connectivity index (χ0n) is 14.6. The molecule has 0 radical (unpaired) electrons. The fourth-order valence-corrected chi connectivity index (χ4v) is 2.20. The first-order valence-corrected chi connectivity index (χ1v) is 8.00. The summed E-state index contributed by atoms with van der Waals surface area (Å²) >= 11 is 0. The van der Waals surface area contributed by atoms with Crippen LogP contribution < -0.4 is 10.6 Å². The molecule has 0 bridgehead atoms. The zero-order valence-corrected chi connectivity index (χ0v) is 14.6. The SMILES string of the molecule is CCC(C)(C)NCC(=O)Nc1cc(C)nn1-c1ccccc1C. The molecule has 0 saturated heterocycles. The highest BCUT2D eigenvalue weighted by atomic mass is 16.2. The van der Waals surface area contributed by atoms with E-state index in [0.717, 1.165) is 23.4 Å². The number of rotatable bonds is 6. The van der Waals surface area contributed by atoms with Gasteiger partial charge in [-0.05, 0) is 45.7 Å². The fraction of sp³-hybridized carbons (Fsp3) is 0.444. The molecule has 5 heteroatoms. The quantitative estimate of drug-likeness (QED) is 0.861. The third-order valence-electron chi connectivity index (χ3n) is 4.05. The normalized spacial score (nSPS) is 11.5. The summed E-state index contributed by atoms with van der Waals surface area (Å²) in [6, 6.07) is 9.87. The summed E-state index contributed by atoms with van der Waals surface area (Å²) in [5.41, 5.74) is 2.89. The van der Waals surface area contributed by atoms with Crippen LogP contribution in [0.3, 0.4) is 0 Å². The van der Waals surface area contributed by atoms with Crippen LogP contribution in [0, 0.1) is 13.8 Å². The Bertz CT molecular complexity index is 688. The molecule has 2 aromatic rings. The van der Waals surface area contributed by atoms with E-state index in [-0.39, 0.29) is 18.0 Å². The molecule has 2 N–H and O–H groups in total. The first kappa shape index (κ1) is 17.2. The molecule has 0 aliphatic rings. The number of carbonyl (C=O) groups excluding carboxylic acids is 1. The molecule has 0 aliphatic heterocycles. The van der Waals surface area contributed by atoms with Crippen molar-refractivity contribution in [1.29, 1.82) is 0 Å². The van der Waals surface area contributed by atoms with Gasteiger partial charge in [0.1, 0.15) is 5.82 Å². The molecule has 2 rings (SSSR count). The lowest BCUT2D eigenvalue weighted by Crippen LogP contribution is -2.43. The zero-order chi connectivity index (χ0) is 17.0. The highest BCUT2D eigenvalue weighted by Crippen LogP contribution is 2.20. The van der Waals surface area contributed by atoms with E-state index < -0.39 is 0 Å². The van der Waals surface area contributed by atoms with Crippen molar-refractivity contribution in [2.24, 2.45) is 0 Å². The van der Waals surface area contributed by atoms with Gasteiger partial charge in [0.15, 0.2) is 0 Å². The van der Waals surface area contributed by atoms with E-state index in [9.17, 15) is 4.79 Å². The Labute approximate surface area is 138 Å². The Balaban J connectivity index is 2.15. The van der Waals surface area contributed by atoms with Gasteiger partial charge in [-0.15, -0.1) is 0 Å². The fourth-order valence-electron chi connectivity index (χ4n) is 2.20. The number of aromatic nitrogens is 2. The number of nitrogens with zero attached hydrogens (tertiary/aromatic N) is 2. The molecule has 0 fully saturated rings. The second-order valence-electron chi connectivity index (χ2n) is 6.51. The second kappa shape index (κ2) is 6.96. The van der Waals surface area contributed by atoms with Crippen molar-refractivity contribution in [2.45, 2.75) is 46.6 Å². The van der Waals surface area contributed by atoms with Crippen molar-refractivity contribution in [3.63, 3.8) is 0 Å². The van der Waals surface area contributed by atoms with Crippen molar-refractivity contribution < 1.29 is 4.79 Å². The minimum absolute atomic E-state index is 0.0521. The van der Waals surface area contributed by atoms with E-state index in [1.165, 1.54) is 0 Å². The van der Waals surface area contributed by atoms with Gasteiger partial charge in [0.05, 0.1) is 17.9 Å². The number of benzene rings is 1. The van der Waals surface area contributed by atoms with Crippen LogP contribution in [-0.2, 0) is 4.79 Å². The predicted molar refractivity (Wildman–Crippen MR) is 94.0 cm³/mol. The second-order valence-corrected chi connectivity index (χ2v) is 6.51. The van der Waals surface area contributed by atoms with E-state index in [1.54, 1.807) is 4.68 Å². The molecular formula is C18H26N4O. The van der Waals surface area contributed by atoms with Crippen molar-refractivity contribution in [1.82, 2.24) is 15.1 Å². The standard InChI is InChI=1S/C18H26N4O/c1-6-18(4,5)19-12-17(23)20-16-11-14(3)21-22(16)15-10-8-7-9-13(15)2/h7-11,19H,6,12H2,1-5H3,(H,20,23). The summed E-state index contributed by atoms with van der Waals surface area (Å²) in [4.78, 5) is 12.2. The maximum atomic E-state index is 12.2. The molecule has 0 atom stereocenters. The molecule has 23 heavy (non-hydrogen) atoms. The van der Waals surface area contributed by atoms with Crippen molar-refractivity contribution >= 4 is 11.7 Å². The number of amides is 1. The van der Waals surface area contributed by atoms with Crippen molar-refractivity contribution in [2.75, 3.05) is 11.9 Å². The van der Waals surface area contributed by atoms with Crippen LogP contribution in [0.4, 0.5) is 5.82 Å². The molecule has 0 unspecified atom stereocenters. The molecule has 1 aromatic carbocycles. The number of aryl methyl sites for hydroxylation is 2. The van der Waals surface area contributed by atoms with Gasteiger partial charge >= 0.3 is 0 Å². The Hall–Kier alpha value is -2.14. The third kappa shape index (κ3) is 4.42. The van der Waals surface area contributed by atoms with E-state index in [0.29, 0.717) is 5.82 Å². The lowest BCUT2D eigenvalue weighted by Gasteiger charge is -2.24. The third-order valence-corrected chi connectivity index (χ3v) is 4.05. The lowest BCUT2D eigenvalue weighted by atomic mass is 10.0. The maximum absolute atomic E-state index is 12.2. The first-order chi connectivity index (χ1) is 10.8. The molecule has 1 amide bonds. The van der Waals surface area contributed by atoms with Crippen LogP contribution in [0.25, 0.3) is 5.69 Å². The van der Waals surface area contributed by atoms with E-state index in [2.05, 4.69) is 36.5 Å². The summed E-state index contributed by atoms with van der Waals surface area (Å²) in [7, 11) is 0. The average Bonchev–Trinajstić information content (AvgIpc) is 2.86. The van der Waals surface area contributed by atoms with Crippen LogP contribution in [0.15, 0.2) is 30.3 Å². The largest absolute Gasteiger partial charge is 0.309 e. The molecule has 5 nitrogen and oxygen atoms in total. The monoisotopic (exact) mass is 314 g/mol. The Morgan fingerprint density at radius 2 is 1.96 bits per heavy atom. The Morgan fingerprint density at radius 3 is 2.61 bits per heavy atom. The van der Waals surface area contributed by atoms with Crippen molar-refractivity contribution in [3.8, 4) is 5.69 Å². The predicted octanol–water partition coefficient (Wildman–Crippen LogP) is 3.21. The first-order valence-electron chi connectivity index (χ1n) is 8.00. The summed E-state index contributed by atoms with van der Waals surface area (Å²) in [5.74, 6) is 0.624. The summed E-state index contributed by atoms with van der Waals surface area (Å²) in [6.07, 6.45) is 0.959. The maximum Gasteiger partial charge on any atom is 0.239 e. The minimum atomic E-state index is -0.0683. The van der Waals surface area contributed by atoms with Crippen molar-refractivity contribution in [3.05, 3.63) is 41.6 Å². The van der Waals surface area contributed by atoms with Gasteiger partial charge in [-0.3, -0.25) is 4.79 Å². The number of hydrogen-bond acceptors (Lipinski definition) is 3. The molecule has 0 spiro atoms. The number of para-hydroxylation sites is 1. The van der Waals surface area contributed by atoms with Crippen LogP contribution in [-0.4, -0.2) is 27.8 Å². The smallest absolute Gasteiger partial charge is 0.239 e. The summed E-state index contributed by atoms with van der Waals surface area (Å²) in [5, 5.41) is 10.7. The van der Waals surface area contributed by atoms with Gasteiger partial charge in [-0.25, -0.2) is 4.68 Å². The molecule has 0 aliphatic carbocycles. The van der Waals surface area contributed by atoms with E-state index in [1.807, 2.05) is 44.2 Å². The van der Waals surface area contributed by atoms with Crippen LogP contribution >= 0.6 is 0 Å². The average molecular weight is 314 g/mol. The Kier molecular flexibility index (Phi) is 5.21. The molecule has 1 heterocycles. The van der Waals surface area contributed by atoms with E-state index in [4.69, 9.17) is 0 Å². The highest BCUT2D eigenvalue weighted by Gasteiger charge is 2.17. The molecule has 0 saturated carbocycles. The van der Waals surface area contributed by atoms with Gasteiger partial charge in [0.2, 0.25) is 5.91 Å². The van der Waals surface area contributed by atoms with Crippen LogP contribution in [0.5, 0.6) is 0 Å². The van der Waals surface area contributed by atoms with Crippen LogP contribution in [0.1, 0.15) is 38.4 Å². The van der Waals surface area contributed by atoms with Gasteiger partial charge in [-0.2, -0.15) is 5.10 Å². The Morgan fingerprint density at radius 1 is 1.26 bits per heavy atom. The number of nitrogens with one attached hydrogen (secondary N) is 2. The van der Waals surface area contributed by atoms with Gasteiger partial charge in [-0.1, -0.05) is 25.1 Å². The number of carbonyl (C=O) groups is 1. The molecule has 124 valence electrons. The minimum Gasteiger partial charge on any atom is -0.309 e. The van der Waals surface area contributed by atoms with Crippen LogP contribution in [0.2, 0.25) is 0 Å². The van der Waals surface area contributed by atoms with E-state index >= 15 is 0 Å². The molecule has 1 aromatic heterocycles. The summed E-state index contributed by atoms with van der Waals surface area (Å²) < 4.78 is 1.79. The number of hydrogen-bond donors (Lipinski definition) is 2. The number of anilines is 1. The summed E-state index contributed by atoms with van der Waals surface area (Å²) in [6.45, 7) is 10.5. The topological polar surface area (TPSA) is 59.0 Å². The lowest BCUT2D eigenvalue weighted by molar-refractivity contribution is -0.115. The highest BCUT2D eigenvalue weighted by molar-refractivity contribution is 5.91. The van der Waals surface area contributed by atoms with Gasteiger partial charge in [0, 0.05) is 11.6 Å². The van der Waals surface area contributed by atoms with Gasteiger partial charge < -0.3 is 10.6 Å². The van der Waals surface area contributed by atoms with Gasteiger partial charge in [0.25, 0.3) is 0 Å². The molecular weight excluding hydrogens is 288 g/mol.